The molecule has 0 saturated carbocycles. The van der Waals surface area contributed by atoms with Gasteiger partial charge in [0, 0.05) is 6.42 Å². The predicted molar refractivity (Wildman–Crippen MR) is 328 cm³/mol. The van der Waals surface area contributed by atoms with E-state index in [0.717, 1.165) is 51.4 Å². The molecule has 0 rings (SSSR count). The highest BCUT2D eigenvalue weighted by Crippen LogP contribution is 2.43. The molecule has 0 saturated heterocycles. The summed E-state index contributed by atoms with van der Waals surface area (Å²) >= 11 is 0. The molecule has 0 heterocycles. The van der Waals surface area contributed by atoms with Crippen LogP contribution in [0.1, 0.15) is 328 Å². The number of nitrogens with zero attached hydrogens (tertiary/aromatic N) is 1. The molecule has 3 atom stereocenters. The Kier molecular flexibility index (Phi) is 56.4. The monoisotopic (exact) mass is 1080 g/mol. The highest BCUT2D eigenvalue weighted by atomic mass is 31.2. The molecule has 0 radical (unpaired) electrons. The summed E-state index contributed by atoms with van der Waals surface area (Å²) in [4.78, 5) is 23.2. The molecule has 8 nitrogen and oxygen atoms in total. The summed E-state index contributed by atoms with van der Waals surface area (Å²) in [7, 11) is 1.56. The van der Waals surface area contributed by atoms with E-state index < -0.39 is 20.0 Å². The number of likely N-dealkylation sites (N-methyl/N-ethyl adjacent to an activating group) is 1. The van der Waals surface area contributed by atoms with Crippen LogP contribution in [0.2, 0.25) is 0 Å². The molecule has 0 spiro atoms. The Morgan fingerprint density at radius 3 is 1.05 bits per heavy atom. The first-order chi connectivity index (χ1) is 36.5. The van der Waals surface area contributed by atoms with Gasteiger partial charge in [0.15, 0.2) is 0 Å². The zero-order valence-corrected chi connectivity index (χ0v) is 51.7. The van der Waals surface area contributed by atoms with Gasteiger partial charge in [-0.25, -0.2) is 4.57 Å². The first-order valence-electron chi connectivity index (χ1n) is 32.9. The van der Waals surface area contributed by atoms with Gasteiger partial charge in [0.2, 0.25) is 5.91 Å². The first-order valence-corrected chi connectivity index (χ1v) is 34.4. The maximum Gasteiger partial charge on any atom is 0.472 e. The van der Waals surface area contributed by atoms with Crippen molar-refractivity contribution in [3.05, 3.63) is 36.5 Å². The lowest BCUT2D eigenvalue weighted by molar-refractivity contribution is -0.870. The van der Waals surface area contributed by atoms with Crippen molar-refractivity contribution in [1.82, 2.24) is 5.32 Å². The largest absolute Gasteiger partial charge is 0.472 e. The van der Waals surface area contributed by atoms with Gasteiger partial charge >= 0.3 is 7.82 Å². The number of carbonyl (C=O) groups excluding carboxylic acids is 1. The van der Waals surface area contributed by atoms with Crippen LogP contribution >= 0.6 is 7.82 Å². The fourth-order valence-corrected chi connectivity index (χ4v) is 10.7. The fourth-order valence-electron chi connectivity index (χ4n) is 9.95. The topological polar surface area (TPSA) is 105 Å². The number of allylic oxidation sites excluding steroid dienone is 5. The molecule has 0 fully saturated rings. The average Bonchev–Trinajstić information content (AvgIpc) is 3.37. The SMILES string of the molecule is CCCC/C=C/CC/C=C/CC/C=C/C(O)C(COP(=O)(O)OCC[N+](C)(C)C)NC(=O)CCCCCCCCCCCCCCCCCCCCCCCCCCCCCCCCCCCCCCCCCCC. The van der Waals surface area contributed by atoms with Crippen LogP contribution < -0.4 is 5.32 Å². The van der Waals surface area contributed by atoms with Crippen molar-refractivity contribution in [2.75, 3.05) is 40.9 Å². The van der Waals surface area contributed by atoms with Crippen molar-refractivity contribution in [2.45, 2.75) is 341 Å². The second kappa shape index (κ2) is 57.4. The second-order valence-electron chi connectivity index (χ2n) is 23.8. The van der Waals surface area contributed by atoms with Crippen LogP contribution in [0.15, 0.2) is 36.5 Å². The van der Waals surface area contributed by atoms with Crippen LogP contribution in [0, 0.1) is 0 Å². The summed E-state index contributed by atoms with van der Waals surface area (Å²) < 4.78 is 23.6. The van der Waals surface area contributed by atoms with Gasteiger partial charge in [-0.05, 0) is 38.5 Å². The number of phosphoric acid groups is 1. The summed E-state index contributed by atoms with van der Waals surface area (Å²) in [5.41, 5.74) is 0. The lowest BCUT2D eigenvalue weighted by Gasteiger charge is -2.25. The van der Waals surface area contributed by atoms with E-state index in [2.05, 4.69) is 43.5 Å². The van der Waals surface area contributed by atoms with E-state index in [9.17, 15) is 19.4 Å². The minimum atomic E-state index is -4.35. The lowest BCUT2D eigenvalue weighted by atomic mass is 10.0. The van der Waals surface area contributed by atoms with Gasteiger partial charge in [-0.15, -0.1) is 0 Å². The van der Waals surface area contributed by atoms with E-state index >= 15 is 0 Å². The number of amides is 1. The summed E-state index contributed by atoms with van der Waals surface area (Å²) in [5.74, 6) is -0.187. The van der Waals surface area contributed by atoms with Crippen molar-refractivity contribution in [3.8, 4) is 0 Å². The molecule has 0 aromatic rings. The summed E-state index contributed by atoms with van der Waals surface area (Å²) in [6, 6.07) is -0.867. The van der Waals surface area contributed by atoms with Crippen LogP contribution in [0.4, 0.5) is 0 Å². The Balaban J connectivity index is 3.79. The maximum atomic E-state index is 13.0. The number of hydrogen-bond acceptors (Lipinski definition) is 5. The van der Waals surface area contributed by atoms with Crippen molar-refractivity contribution in [2.24, 2.45) is 0 Å². The Morgan fingerprint density at radius 1 is 0.440 bits per heavy atom. The second-order valence-corrected chi connectivity index (χ2v) is 25.3. The quantitative estimate of drug-likeness (QED) is 0.0243. The number of rotatable bonds is 61. The van der Waals surface area contributed by atoms with E-state index in [1.165, 1.54) is 257 Å². The van der Waals surface area contributed by atoms with E-state index in [0.29, 0.717) is 17.4 Å². The van der Waals surface area contributed by atoms with Gasteiger partial charge in [-0.1, -0.05) is 320 Å². The number of carbonyl (C=O) groups is 1. The third-order valence-corrected chi connectivity index (χ3v) is 16.1. The third-order valence-electron chi connectivity index (χ3n) is 15.1. The van der Waals surface area contributed by atoms with Gasteiger partial charge in [0.1, 0.15) is 13.2 Å². The molecule has 1 amide bonds. The molecule has 75 heavy (non-hydrogen) atoms. The zero-order chi connectivity index (χ0) is 54.9. The molecule has 0 bridgehead atoms. The van der Waals surface area contributed by atoms with Gasteiger partial charge in [-0.3, -0.25) is 13.8 Å². The highest BCUT2D eigenvalue weighted by molar-refractivity contribution is 7.47. The van der Waals surface area contributed by atoms with Crippen molar-refractivity contribution in [3.63, 3.8) is 0 Å². The fraction of sp³-hybridized carbons (Fsp3) is 0.894. The predicted octanol–water partition coefficient (Wildman–Crippen LogP) is 20.5. The van der Waals surface area contributed by atoms with Crippen LogP contribution in [0.3, 0.4) is 0 Å². The van der Waals surface area contributed by atoms with Gasteiger partial charge < -0.3 is 19.8 Å². The van der Waals surface area contributed by atoms with E-state index in [1.807, 2.05) is 27.2 Å². The Hall–Kier alpha value is -1.28. The van der Waals surface area contributed by atoms with Gasteiger partial charge in [0.25, 0.3) is 0 Å². The number of aliphatic hydroxyl groups excluding tert-OH is 1. The van der Waals surface area contributed by atoms with Gasteiger partial charge in [-0.2, -0.15) is 0 Å². The number of hydrogen-bond donors (Lipinski definition) is 3. The van der Waals surface area contributed by atoms with E-state index in [1.54, 1.807) is 6.08 Å². The molecule has 9 heteroatoms. The minimum Gasteiger partial charge on any atom is -0.387 e. The number of phosphoric ester groups is 1. The number of unbranched alkanes of at least 4 members (excludes halogenated alkanes) is 44. The Morgan fingerprint density at radius 2 is 0.733 bits per heavy atom. The van der Waals surface area contributed by atoms with Crippen LogP contribution in [0.25, 0.3) is 0 Å². The molecule has 444 valence electrons. The molecule has 3 N–H and O–H groups in total. The van der Waals surface area contributed by atoms with Crippen molar-refractivity contribution in [1.29, 1.82) is 0 Å². The molecule has 0 aliphatic heterocycles. The first kappa shape index (κ1) is 73.7. The van der Waals surface area contributed by atoms with Crippen LogP contribution in [0.5, 0.6) is 0 Å². The highest BCUT2D eigenvalue weighted by Gasteiger charge is 2.28. The normalized spacial score (nSPS) is 14.0. The maximum absolute atomic E-state index is 13.0. The molecule has 0 aromatic heterocycles. The molecule has 0 aliphatic carbocycles. The summed E-state index contributed by atoms with van der Waals surface area (Å²) in [6.07, 6.45) is 76.1. The number of quaternary nitrogens is 1. The lowest BCUT2D eigenvalue weighted by Crippen LogP contribution is -2.45. The van der Waals surface area contributed by atoms with Gasteiger partial charge in [0.05, 0.1) is 39.9 Å². The number of aliphatic hydroxyl groups is 1. The Labute approximate surface area is 467 Å². The summed E-state index contributed by atoms with van der Waals surface area (Å²) in [5, 5.41) is 13.9. The third kappa shape index (κ3) is 60.2. The molecular weight excluding hydrogens is 948 g/mol. The molecule has 3 unspecified atom stereocenters. The van der Waals surface area contributed by atoms with E-state index in [4.69, 9.17) is 9.05 Å². The van der Waals surface area contributed by atoms with Crippen molar-refractivity contribution >= 4 is 13.7 Å². The van der Waals surface area contributed by atoms with E-state index in [-0.39, 0.29) is 19.1 Å². The van der Waals surface area contributed by atoms with Crippen LogP contribution in [-0.2, 0) is 18.4 Å². The summed E-state index contributed by atoms with van der Waals surface area (Å²) in [6.45, 7) is 4.77. The van der Waals surface area contributed by atoms with Crippen LogP contribution in [-0.4, -0.2) is 73.4 Å². The van der Waals surface area contributed by atoms with Crippen molar-refractivity contribution < 1.29 is 32.9 Å². The molecule has 0 aliphatic rings. The number of nitrogens with one attached hydrogen (secondary N) is 1. The molecular formula is C66H130N2O6P+. The minimum absolute atomic E-state index is 0.0548. The average molecular weight is 1080 g/mol. The Bertz CT molecular complexity index is 1320. The zero-order valence-electron chi connectivity index (χ0n) is 50.8. The smallest absolute Gasteiger partial charge is 0.387 e. The standard InChI is InChI=1S/C66H129N2O6P/c1-6-8-10-12-14-16-18-20-21-22-23-24-25-26-27-28-29-30-31-32-33-34-35-36-37-38-39-40-41-42-43-44-45-46-47-48-50-52-54-56-58-60-66(70)67-64(63-74-75(71,72)73-62-61-68(3,4)5)65(69)59-57-55-53-51-49-19-17-15-13-11-9-7-2/h13,15,49,51,57,59,64-65,69H,6-12,14,16-48,50,52-56,58,60-63H2,1-5H3,(H-,67,70,71,72)/p+1/b15-13+,51-49+,59-57+. The molecule has 0 aromatic carbocycles.